The van der Waals surface area contributed by atoms with Gasteiger partial charge in [0.25, 0.3) is 6.43 Å². The van der Waals surface area contributed by atoms with Crippen molar-refractivity contribution in [3.8, 4) is 0 Å². The zero-order chi connectivity index (χ0) is 14.7. The van der Waals surface area contributed by atoms with Gasteiger partial charge in [0.05, 0.1) is 0 Å². The first-order valence-corrected chi connectivity index (χ1v) is 6.65. The van der Waals surface area contributed by atoms with Gasteiger partial charge in [-0.15, -0.1) is 5.10 Å². The Morgan fingerprint density at radius 3 is 2.85 bits per heavy atom. The molecule has 8 heteroatoms. The zero-order valence-corrected chi connectivity index (χ0v) is 11.3. The van der Waals surface area contributed by atoms with E-state index in [0.717, 1.165) is 30.5 Å². The van der Waals surface area contributed by atoms with Crippen LogP contribution in [0, 0.1) is 0 Å². The van der Waals surface area contributed by atoms with Crippen molar-refractivity contribution in [2.75, 3.05) is 13.6 Å². The number of hydrogen-bond donors (Lipinski definition) is 1. The van der Waals surface area contributed by atoms with E-state index in [0.29, 0.717) is 12.5 Å². The summed E-state index contributed by atoms with van der Waals surface area (Å²) >= 11 is 0. The average Bonchev–Trinajstić information content (AvgIpc) is 2.82. The molecule has 1 N–H and O–H groups in total. The van der Waals surface area contributed by atoms with Crippen LogP contribution < -0.4 is 0 Å². The maximum atomic E-state index is 12.9. The zero-order valence-electron chi connectivity index (χ0n) is 11.3. The molecular weight excluding hydrogens is 270 g/mol. The molecule has 1 aromatic rings. The molecule has 1 aliphatic heterocycles. The molecule has 0 radical (unpaired) electrons. The van der Waals surface area contributed by atoms with E-state index >= 15 is 0 Å². The molecule has 1 saturated heterocycles. The fraction of sp³-hybridized carbons (Fsp3) is 0.750. The topological polar surface area (TPSA) is 71.2 Å². The molecule has 0 bridgehead atoms. The number of hydrogen-bond acceptors (Lipinski definition) is 4. The molecule has 1 fully saturated rings. The summed E-state index contributed by atoms with van der Waals surface area (Å²) in [5.41, 5.74) is -1.26. The number of likely N-dealkylation sites (tertiary alicyclic amines) is 1. The lowest BCUT2D eigenvalue weighted by molar-refractivity contribution is 0.0675. The second kappa shape index (κ2) is 6.25. The van der Waals surface area contributed by atoms with E-state index in [1.54, 1.807) is 0 Å². The van der Waals surface area contributed by atoms with Gasteiger partial charge < -0.3 is 10.0 Å². The Hall–Kier alpha value is -1.57. The maximum Gasteiger partial charge on any atom is 0.358 e. The van der Waals surface area contributed by atoms with E-state index in [2.05, 4.69) is 15.2 Å². The van der Waals surface area contributed by atoms with E-state index in [1.807, 2.05) is 7.05 Å². The highest BCUT2D eigenvalue weighted by atomic mass is 19.3. The van der Waals surface area contributed by atoms with Gasteiger partial charge in [-0.1, -0.05) is 11.6 Å². The first kappa shape index (κ1) is 14.8. The molecule has 1 aromatic heterocycles. The third-order valence-electron chi connectivity index (χ3n) is 3.78. The Kier molecular flexibility index (Phi) is 4.64. The predicted octanol–water partition coefficient (Wildman–Crippen LogP) is 1.79. The Balaban J connectivity index is 2.07. The summed E-state index contributed by atoms with van der Waals surface area (Å²) in [5.74, 6) is -1.47. The molecule has 6 nitrogen and oxygen atoms in total. The first-order valence-electron chi connectivity index (χ1n) is 6.65. The lowest BCUT2D eigenvalue weighted by Gasteiger charge is -2.32. The number of halogens is 2. The minimum Gasteiger partial charge on any atom is -0.476 e. The highest BCUT2D eigenvalue weighted by molar-refractivity contribution is 5.86. The van der Waals surface area contributed by atoms with Crippen LogP contribution in [0.25, 0.3) is 0 Å². The molecule has 1 aliphatic rings. The number of aromatic carboxylic acids is 1. The number of nitrogens with zero attached hydrogens (tertiary/aromatic N) is 4. The van der Waals surface area contributed by atoms with Gasteiger partial charge >= 0.3 is 5.97 Å². The lowest BCUT2D eigenvalue weighted by Crippen LogP contribution is -2.37. The lowest BCUT2D eigenvalue weighted by atomic mass is 10.0. The van der Waals surface area contributed by atoms with Crippen LogP contribution in [0.1, 0.15) is 48.3 Å². The fourth-order valence-corrected chi connectivity index (χ4v) is 2.63. The highest BCUT2D eigenvalue weighted by Crippen LogP contribution is 2.23. The third kappa shape index (κ3) is 3.12. The minimum absolute atomic E-state index is 0.259. The van der Waals surface area contributed by atoms with Gasteiger partial charge in [-0.3, -0.25) is 0 Å². The van der Waals surface area contributed by atoms with Crippen LogP contribution >= 0.6 is 0 Å². The number of alkyl halides is 2. The second-order valence-corrected chi connectivity index (χ2v) is 5.07. The Morgan fingerprint density at radius 2 is 2.25 bits per heavy atom. The summed E-state index contributed by atoms with van der Waals surface area (Å²) in [4.78, 5) is 13.0. The average molecular weight is 288 g/mol. The normalized spacial score (nSPS) is 20.5. The Bertz CT molecular complexity index is 478. The summed E-state index contributed by atoms with van der Waals surface area (Å²) in [6.45, 7) is 1.26. The predicted molar refractivity (Wildman–Crippen MR) is 66.8 cm³/mol. The SMILES string of the molecule is CN1CCCCC1CCn1nnc(C(=O)O)c1C(F)F. The number of aryl methyl sites for hydroxylation is 1. The highest BCUT2D eigenvalue weighted by Gasteiger charge is 2.27. The van der Waals surface area contributed by atoms with Gasteiger partial charge in [0.1, 0.15) is 5.69 Å². The van der Waals surface area contributed by atoms with E-state index in [-0.39, 0.29) is 6.54 Å². The summed E-state index contributed by atoms with van der Waals surface area (Å²) in [7, 11) is 2.02. The number of carboxylic acids is 1. The number of piperidine rings is 1. The standard InChI is InChI=1S/C12H18F2N4O2/c1-17-6-3-2-4-8(17)5-7-18-10(11(13)14)9(12(19)20)15-16-18/h8,11H,2-7H2,1H3,(H,19,20). The van der Waals surface area contributed by atoms with Crippen molar-refractivity contribution < 1.29 is 18.7 Å². The van der Waals surface area contributed by atoms with E-state index in [1.165, 1.54) is 0 Å². The number of carboxylic acid groups (broad SMARTS) is 1. The Morgan fingerprint density at radius 1 is 1.50 bits per heavy atom. The maximum absolute atomic E-state index is 12.9. The van der Waals surface area contributed by atoms with Crippen LogP contribution in [0.5, 0.6) is 0 Å². The van der Waals surface area contributed by atoms with Crippen molar-refractivity contribution >= 4 is 5.97 Å². The van der Waals surface area contributed by atoms with Gasteiger partial charge in [0.2, 0.25) is 0 Å². The van der Waals surface area contributed by atoms with Crippen molar-refractivity contribution in [2.24, 2.45) is 0 Å². The number of carbonyl (C=O) groups is 1. The molecule has 2 rings (SSSR count). The van der Waals surface area contributed by atoms with E-state index < -0.39 is 23.8 Å². The number of aromatic nitrogens is 3. The molecular formula is C12H18F2N4O2. The van der Waals surface area contributed by atoms with Crippen LogP contribution in [0.3, 0.4) is 0 Å². The summed E-state index contributed by atoms with van der Waals surface area (Å²) in [6.07, 6.45) is 1.09. The van der Waals surface area contributed by atoms with Crippen molar-refractivity contribution in [3.05, 3.63) is 11.4 Å². The molecule has 20 heavy (non-hydrogen) atoms. The monoisotopic (exact) mass is 288 g/mol. The van der Waals surface area contributed by atoms with Crippen LogP contribution in [0.4, 0.5) is 8.78 Å². The van der Waals surface area contributed by atoms with Crippen molar-refractivity contribution in [3.63, 3.8) is 0 Å². The molecule has 0 spiro atoms. The third-order valence-corrected chi connectivity index (χ3v) is 3.78. The van der Waals surface area contributed by atoms with Gasteiger partial charge in [-0.25, -0.2) is 18.3 Å². The first-order chi connectivity index (χ1) is 9.50. The summed E-state index contributed by atoms with van der Waals surface area (Å²) in [6, 6.07) is 0.326. The van der Waals surface area contributed by atoms with Gasteiger partial charge in [-0.2, -0.15) is 0 Å². The van der Waals surface area contributed by atoms with Crippen LogP contribution in [0.15, 0.2) is 0 Å². The molecule has 0 saturated carbocycles. The fourth-order valence-electron chi connectivity index (χ4n) is 2.63. The summed E-state index contributed by atoms with van der Waals surface area (Å²) < 4.78 is 26.9. The van der Waals surface area contributed by atoms with Gasteiger partial charge in [0, 0.05) is 12.6 Å². The largest absolute Gasteiger partial charge is 0.476 e. The molecule has 112 valence electrons. The van der Waals surface area contributed by atoms with Crippen LogP contribution in [-0.2, 0) is 6.54 Å². The van der Waals surface area contributed by atoms with Crippen molar-refractivity contribution in [1.29, 1.82) is 0 Å². The van der Waals surface area contributed by atoms with Crippen LogP contribution in [-0.4, -0.2) is 50.6 Å². The molecule has 0 aliphatic carbocycles. The Labute approximate surface area is 115 Å². The van der Waals surface area contributed by atoms with Gasteiger partial charge in [0.15, 0.2) is 5.69 Å². The molecule has 0 amide bonds. The van der Waals surface area contributed by atoms with Gasteiger partial charge in [-0.05, 0) is 32.9 Å². The smallest absolute Gasteiger partial charge is 0.358 e. The van der Waals surface area contributed by atoms with Crippen LogP contribution in [0.2, 0.25) is 0 Å². The number of rotatable bonds is 5. The van der Waals surface area contributed by atoms with E-state index in [9.17, 15) is 13.6 Å². The quantitative estimate of drug-likeness (QED) is 0.894. The molecule has 2 heterocycles. The van der Waals surface area contributed by atoms with Crippen molar-refractivity contribution in [1.82, 2.24) is 19.9 Å². The minimum atomic E-state index is -2.89. The molecule has 0 aromatic carbocycles. The molecule has 1 unspecified atom stereocenters. The van der Waals surface area contributed by atoms with E-state index in [4.69, 9.17) is 5.11 Å². The second-order valence-electron chi connectivity index (χ2n) is 5.07. The summed E-state index contributed by atoms with van der Waals surface area (Å²) in [5, 5.41) is 15.7. The van der Waals surface area contributed by atoms with Crippen molar-refractivity contribution in [2.45, 2.75) is 44.7 Å². The molecule has 1 atom stereocenters.